The molecule has 0 unspecified atom stereocenters. The normalized spacial score (nSPS) is 10.5. The van der Waals surface area contributed by atoms with Gasteiger partial charge in [0.1, 0.15) is 0 Å². The van der Waals surface area contributed by atoms with E-state index in [0.29, 0.717) is 0 Å². The molecule has 82 valence electrons. The number of allylic oxidation sites excluding steroid dienone is 3. The van der Waals surface area contributed by atoms with E-state index in [4.69, 9.17) is 0 Å². The van der Waals surface area contributed by atoms with Crippen molar-refractivity contribution in [3.63, 3.8) is 0 Å². The van der Waals surface area contributed by atoms with Crippen LogP contribution in [0.15, 0.2) is 62.3 Å². The second kappa shape index (κ2) is 9.22. The Labute approximate surface area is 93.8 Å². The zero-order valence-corrected chi connectivity index (χ0v) is 9.49. The molecule has 0 atom stereocenters. The quantitative estimate of drug-likeness (QED) is 0.410. The number of hydrogen-bond acceptors (Lipinski definition) is 1. The molecule has 0 saturated carbocycles. The Morgan fingerprint density at radius 1 is 1.07 bits per heavy atom. The van der Waals surface area contributed by atoms with Crippen LogP contribution in [0, 0.1) is 0 Å². The lowest BCUT2D eigenvalue weighted by Crippen LogP contribution is -2.25. The fourth-order valence-electron chi connectivity index (χ4n) is 1.21. The number of hydrogen-bond donors (Lipinski definition) is 0. The van der Waals surface area contributed by atoms with Gasteiger partial charge in [-0.05, 0) is 6.42 Å². The first-order valence-electron chi connectivity index (χ1n) is 5.15. The fraction of sp³-hybridized carbons (Fsp3) is 0.286. The van der Waals surface area contributed by atoms with Crippen molar-refractivity contribution < 1.29 is 0 Å². The van der Waals surface area contributed by atoms with Crippen LogP contribution in [-0.4, -0.2) is 24.5 Å². The van der Waals surface area contributed by atoms with Crippen molar-refractivity contribution in [3.05, 3.63) is 62.3 Å². The molecule has 1 nitrogen and oxygen atoms in total. The molecule has 0 saturated heterocycles. The predicted octanol–water partition coefficient (Wildman–Crippen LogP) is 3.35. The van der Waals surface area contributed by atoms with E-state index in [-0.39, 0.29) is 0 Å². The molecule has 0 bridgehead atoms. The Balaban J connectivity index is 3.91. The van der Waals surface area contributed by atoms with E-state index in [1.165, 1.54) is 0 Å². The Morgan fingerprint density at radius 3 is 2.13 bits per heavy atom. The maximum Gasteiger partial charge on any atom is 0.0164 e. The minimum absolute atomic E-state index is 0.893. The average molecular weight is 203 g/mol. The third kappa shape index (κ3) is 7.71. The standard InChI is InChI=1S/C14H21N/c1-5-8-9-14(4)10-13-15(11-6-2)12-7-3/h5-9H,1-4,10-13H2. The number of nitrogens with zero attached hydrogens (tertiary/aromatic N) is 1. The summed E-state index contributed by atoms with van der Waals surface area (Å²) in [4.78, 5) is 2.27. The lowest BCUT2D eigenvalue weighted by Gasteiger charge is -2.18. The lowest BCUT2D eigenvalue weighted by molar-refractivity contribution is 0.340. The smallest absolute Gasteiger partial charge is 0.0164 e. The van der Waals surface area contributed by atoms with Gasteiger partial charge in [-0.2, -0.15) is 0 Å². The summed E-state index contributed by atoms with van der Waals surface area (Å²) in [6, 6.07) is 0. The van der Waals surface area contributed by atoms with Crippen LogP contribution in [0.2, 0.25) is 0 Å². The Kier molecular flexibility index (Phi) is 8.40. The molecule has 0 N–H and O–H groups in total. The van der Waals surface area contributed by atoms with Crippen LogP contribution < -0.4 is 0 Å². The summed E-state index contributed by atoms with van der Waals surface area (Å²) < 4.78 is 0. The molecule has 0 amide bonds. The SMILES string of the molecule is C=CC=CC(=C)CCN(CC=C)CC=C. The predicted molar refractivity (Wildman–Crippen MR) is 69.9 cm³/mol. The van der Waals surface area contributed by atoms with Gasteiger partial charge in [-0.25, -0.2) is 0 Å². The maximum absolute atomic E-state index is 3.97. The van der Waals surface area contributed by atoms with Gasteiger partial charge in [0.25, 0.3) is 0 Å². The molecule has 0 aromatic rings. The highest BCUT2D eigenvalue weighted by Gasteiger charge is 1.99. The first kappa shape index (κ1) is 13.7. The minimum Gasteiger partial charge on any atom is -0.296 e. The second-order valence-electron chi connectivity index (χ2n) is 3.34. The van der Waals surface area contributed by atoms with Gasteiger partial charge in [0, 0.05) is 19.6 Å². The highest BCUT2D eigenvalue weighted by atomic mass is 15.1. The summed E-state index contributed by atoms with van der Waals surface area (Å²) in [5.74, 6) is 0. The van der Waals surface area contributed by atoms with Crippen molar-refractivity contribution in [3.8, 4) is 0 Å². The molecule has 1 heteroatoms. The molecule has 0 heterocycles. The molecule has 0 aliphatic heterocycles. The molecule has 0 fully saturated rings. The van der Waals surface area contributed by atoms with E-state index < -0.39 is 0 Å². The van der Waals surface area contributed by atoms with Crippen molar-refractivity contribution in [1.29, 1.82) is 0 Å². The van der Waals surface area contributed by atoms with Gasteiger partial charge >= 0.3 is 0 Å². The van der Waals surface area contributed by atoms with Gasteiger partial charge in [-0.3, -0.25) is 4.90 Å². The molecular formula is C14H21N. The zero-order chi connectivity index (χ0) is 11.5. The summed E-state index contributed by atoms with van der Waals surface area (Å²) in [7, 11) is 0. The van der Waals surface area contributed by atoms with Crippen molar-refractivity contribution in [2.24, 2.45) is 0 Å². The maximum atomic E-state index is 3.97. The second-order valence-corrected chi connectivity index (χ2v) is 3.34. The Bertz CT molecular complexity index is 238. The topological polar surface area (TPSA) is 3.24 Å². The van der Waals surface area contributed by atoms with E-state index in [0.717, 1.165) is 31.6 Å². The van der Waals surface area contributed by atoms with E-state index >= 15 is 0 Å². The summed E-state index contributed by atoms with van der Waals surface area (Å²) >= 11 is 0. The van der Waals surface area contributed by atoms with Gasteiger partial charge in [-0.15, -0.1) is 13.2 Å². The van der Waals surface area contributed by atoms with E-state index in [1.54, 1.807) is 6.08 Å². The Hall–Kier alpha value is -1.34. The molecule has 0 aromatic carbocycles. The summed E-state index contributed by atoms with van der Waals surface area (Å²) in [5.41, 5.74) is 1.12. The van der Waals surface area contributed by atoms with Crippen molar-refractivity contribution in [2.75, 3.05) is 19.6 Å². The monoisotopic (exact) mass is 203 g/mol. The van der Waals surface area contributed by atoms with Crippen molar-refractivity contribution >= 4 is 0 Å². The molecule has 15 heavy (non-hydrogen) atoms. The van der Waals surface area contributed by atoms with E-state index in [1.807, 2.05) is 24.3 Å². The van der Waals surface area contributed by atoms with Gasteiger partial charge in [0.05, 0.1) is 0 Å². The highest BCUT2D eigenvalue weighted by Crippen LogP contribution is 2.03. The van der Waals surface area contributed by atoms with Gasteiger partial charge in [0.15, 0.2) is 0 Å². The summed E-state index contributed by atoms with van der Waals surface area (Å²) in [5, 5.41) is 0. The van der Waals surface area contributed by atoms with Crippen LogP contribution in [0.25, 0.3) is 0 Å². The third-order valence-corrected chi connectivity index (χ3v) is 1.99. The minimum atomic E-state index is 0.893. The van der Waals surface area contributed by atoms with Gasteiger partial charge in [-0.1, -0.05) is 49.1 Å². The molecule has 0 aliphatic carbocycles. The molecular weight excluding hydrogens is 182 g/mol. The summed E-state index contributed by atoms with van der Waals surface area (Å²) in [6.45, 7) is 17.8. The first-order chi connectivity index (χ1) is 7.24. The van der Waals surface area contributed by atoms with Gasteiger partial charge in [0.2, 0.25) is 0 Å². The molecule has 0 radical (unpaired) electrons. The van der Waals surface area contributed by atoms with Gasteiger partial charge < -0.3 is 0 Å². The molecule has 0 aliphatic rings. The van der Waals surface area contributed by atoms with Crippen molar-refractivity contribution in [2.45, 2.75) is 6.42 Å². The van der Waals surface area contributed by atoms with Crippen LogP contribution in [0.4, 0.5) is 0 Å². The van der Waals surface area contributed by atoms with Crippen LogP contribution in [0.3, 0.4) is 0 Å². The molecule has 0 aromatic heterocycles. The zero-order valence-electron chi connectivity index (χ0n) is 9.49. The van der Waals surface area contributed by atoms with Crippen LogP contribution in [-0.2, 0) is 0 Å². The van der Waals surface area contributed by atoms with Crippen LogP contribution >= 0.6 is 0 Å². The van der Waals surface area contributed by atoms with Crippen molar-refractivity contribution in [1.82, 2.24) is 4.90 Å². The highest BCUT2D eigenvalue weighted by molar-refractivity contribution is 5.18. The third-order valence-electron chi connectivity index (χ3n) is 1.99. The molecule has 0 spiro atoms. The number of rotatable bonds is 9. The first-order valence-corrected chi connectivity index (χ1v) is 5.15. The largest absolute Gasteiger partial charge is 0.296 e. The molecule has 0 rings (SSSR count). The average Bonchev–Trinajstić information content (AvgIpc) is 2.23. The Morgan fingerprint density at radius 2 is 1.67 bits per heavy atom. The van der Waals surface area contributed by atoms with E-state index in [2.05, 4.69) is 31.2 Å². The van der Waals surface area contributed by atoms with E-state index in [9.17, 15) is 0 Å². The summed E-state index contributed by atoms with van der Waals surface area (Å²) in [6.07, 6.45) is 10.4. The lowest BCUT2D eigenvalue weighted by atomic mass is 10.2. The fourth-order valence-corrected chi connectivity index (χ4v) is 1.21. The van der Waals surface area contributed by atoms with Crippen LogP contribution in [0.5, 0.6) is 0 Å². The van der Waals surface area contributed by atoms with Crippen LogP contribution in [0.1, 0.15) is 6.42 Å².